The van der Waals surface area contributed by atoms with Gasteiger partial charge in [-0.15, -0.1) is 0 Å². The fourth-order valence-corrected chi connectivity index (χ4v) is 4.92. The zero-order chi connectivity index (χ0) is 27.6. The van der Waals surface area contributed by atoms with Crippen molar-refractivity contribution in [1.29, 1.82) is 0 Å². The van der Waals surface area contributed by atoms with Crippen molar-refractivity contribution in [1.82, 2.24) is 0 Å². The van der Waals surface area contributed by atoms with Gasteiger partial charge in [0.15, 0.2) is 15.8 Å². The maximum absolute atomic E-state index is 13.1. The van der Waals surface area contributed by atoms with Crippen LogP contribution in [0.5, 0.6) is 17.2 Å². The summed E-state index contributed by atoms with van der Waals surface area (Å²) < 4.78 is 50.7. The second-order valence-electron chi connectivity index (χ2n) is 8.03. The lowest BCUT2D eigenvalue weighted by atomic mass is 10.1. The maximum Gasteiger partial charge on any atom is 0.416 e. The van der Waals surface area contributed by atoms with Gasteiger partial charge >= 0.3 is 11.9 Å². The molecule has 0 aromatic heterocycles. The number of hydrogen-bond donors (Lipinski definition) is 0. The molecule has 4 rings (SSSR count). The van der Waals surface area contributed by atoms with Crippen LogP contribution in [0.4, 0.5) is 24.5 Å². The van der Waals surface area contributed by atoms with E-state index in [4.69, 9.17) is 21.7 Å². The zero-order valence-corrected chi connectivity index (χ0v) is 21.6. The van der Waals surface area contributed by atoms with Crippen LogP contribution in [0.25, 0.3) is 6.08 Å². The second-order valence-corrected chi connectivity index (χ2v) is 9.71. The van der Waals surface area contributed by atoms with Gasteiger partial charge in [0.05, 0.1) is 27.7 Å². The molecule has 0 radical (unpaired) electrons. The van der Waals surface area contributed by atoms with Gasteiger partial charge in [-0.2, -0.15) is 13.2 Å². The smallest absolute Gasteiger partial charge is 0.416 e. The predicted molar refractivity (Wildman–Crippen MR) is 143 cm³/mol. The molecule has 0 atom stereocenters. The molecule has 1 amide bonds. The number of nitro benzene ring substituents is 1. The van der Waals surface area contributed by atoms with Crippen LogP contribution in [-0.4, -0.2) is 21.8 Å². The molecule has 0 spiro atoms. The molecule has 0 bridgehead atoms. The first-order valence-electron chi connectivity index (χ1n) is 11.1. The first kappa shape index (κ1) is 27.1. The summed E-state index contributed by atoms with van der Waals surface area (Å²) in [6.07, 6.45) is -3.12. The molecule has 1 fully saturated rings. The molecule has 1 aliphatic rings. The average Bonchev–Trinajstić information content (AvgIpc) is 3.12. The van der Waals surface area contributed by atoms with E-state index in [-0.39, 0.29) is 29.8 Å². The highest BCUT2D eigenvalue weighted by molar-refractivity contribution is 8.27. The Labute approximate surface area is 225 Å². The number of amides is 1. The number of nitrogens with zero attached hydrogens (tertiary/aromatic N) is 2. The number of aryl methyl sites for hydroxylation is 1. The summed E-state index contributed by atoms with van der Waals surface area (Å²) in [4.78, 5) is 25.4. The summed E-state index contributed by atoms with van der Waals surface area (Å²) in [7, 11) is 0. The molecule has 0 unspecified atom stereocenters. The highest BCUT2D eigenvalue weighted by Gasteiger charge is 2.34. The van der Waals surface area contributed by atoms with Crippen molar-refractivity contribution in [3.8, 4) is 17.2 Å². The van der Waals surface area contributed by atoms with Crippen LogP contribution in [0, 0.1) is 17.0 Å². The molecule has 38 heavy (non-hydrogen) atoms. The maximum atomic E-state index is 13.1. The normalized spacial score (nSPS) is 14.8. The number of halogens is 3. The molecular weight excluding hydrogens is 541 g/mol. The van der Waals surface area contributed by atoms with E-state index in [1.807, 2.05) is 25.1 Å². The van der Waals surface area contributed by atoms with Gasteiger partial charge in [0.1, 0.15) is 0 Å². The molecule has 0 N–H and O–H groups in total. The van der Waals surface area contributed by atoms with Crippen LogP contribution >= 0.6 is 24.0 Å². The number of ether oxygens (including phenoxy) is 2. The number of benzene rings is 3. The van der Waals surface area contributed by atoms with E-state index < -0.39 is 22.4 Å². The summed E-state index contributed by atoms with van der Waals surface area (Å²) in [5.41, 5.74) is 0.192. The molecule has 1 saturated heterocycles. The first-order chi connectivity index (χ1) is 18.0. The third-order valence-electron chi connectivity index (χ3n) is 5.32. The van der Waals surface area contributed by atoms with E-state index in [0.29, 0.717) is 32.6 Å². The fourth-order valence-electron chi connectivity index (χ4n) is 3.62. The number of carbonyl (C=O) groups is 1. The number of rotatable bonds is 7. The van der Waals surface area contributed by atoms with Gasteiger partial charge in [0.2, 0.25) is 5.75 Å². The van der Waals surface area contributed by atoms with E-state index in [0.717, 1.165) is 23.4 Å². The van der Waals surface area contributed by atoms with E-state index in [1.54, 1.807) is 31.2 Å². The van der Waals surface area contributed by atoms with E-state index >= 15 is 0 Å². The standard InChI is InChI=1S/C26H19F3N2O5S2/c1-3-35-22-12-16(13-23-24(32)30(25(37)38-23)18-6-4-5-15(2)11-18)7-9-21(22)36-20-10-8-17(26(27,28)29)14-19(20)31(33)34/h4-14H,3H2,1-2H3/b23-13-. The fraction of sp³-hybridized carbons (Fsp3) is 0.154. The van der Waals surface area contributed by atoms with Crippen LogP contribution in [-0.2, 0) is 11.0 Å². The summed E-state index contributed by atoms with van der Waals surface area (Å²) in [6.45, 7) is 3.84. The lowest BCUT2D eigenvalue weighted by molar-refractivity contribution is -0.385. The summed E-state index contributed by atoms with van der Waals surface area (Å²) in [6, 6.07) is 14.0. The van der Waals surface area contributed by atoms with E-state index in [1.165, 1.54) is 11.0 Å². The number of anilines is 1. The molecule has 1 heterocycles. The van der Waals surface area contributed by atoms with Gasteiger partial charge in [0, 0.05) is 6.07 Å². The van der Waals surface area contributed by atoms with Crippen LogP contribution in [0.15, 0.2) is 65.6 Å². The minimum Gasteiger partial charge on any atom is -0.490 e. The summed E-state index contributed by atoms with van der Waals surface area (Å²) in [5.74, 6) is -0.427. The molecule has 0 aliphatic carbocycles. The zero-order valence-electron chi connectivity index (χ0n) is 19.9. The Kier molecular flexibility index (Phi) is 7.74. The molecule has 1 aliphatic heterocycles. The Bertz CT molecular complexity index is 1470. The summed E-state index contributed by atoms with van der Waals surface area (Å²) in [5, 5.41) is 11.4. The largest absolute Gasteiger partial charge is 0.490 e. The van der Waals surface area contributed by atoms with Crippen LogP contribution in [0.1, 0.15) is 23.6 Å². The van der Waals surface area contributed by atoms with Gasteiger partial charge in [0.25, 0.3) is 5.91 Å². The number of nitro groups is 1. The number of hydrogen-bond acceptors (Lipinski definition) is 7. The number of thiocarbonyl (C=S) groups is 1. The molecule has 196 valence electrons. The van der Waals surface area contributed by atoms with Gasteiger partial charge < -0.3 is 9.47 Å². The molecule has 0 saturated carbocycles. The predicted octanol–water partition coefficient (Wildman–Crippen LogP) is 7.52. The molecule has 12 heteroatoms. The highest BCUT2D eigenvalue weighted by atomic mass is 32.2. The Morgan fingerprint density at radius 2 is 1.82 bits per heavy atom. The minimum absolute atomic E-state index is 0.0548. The third-order valence-corrected chi connectivity index (χ3v) is 6.62. The lowest BCUT2D eigenvalue weighted by Gasteiger charge is -2.15. The van der Waals surface area contributed by atoms with Crippen molar-refractivity contribution >= 4 is 51.7 Å². The topological polar surface area (TPSA) is 81.9 Å². The van der Waals surface area contributed by atoms with Crippen LogP contribution in [0.3, 0.4) is 0 Å². The SMILES string of the molecule is CCOc1cc(/C=C2\SC(=S)N(c3cccc(C)c3)C2=O)ccc1Oc1ccc(C(F)(F)F)cc1[N+](=O)[O-]. The molecule has 7 nitrogen and oxygen atoms in total. The molecule has 3 aromatic carbocycles. The van der Waals surface area contributed by atoms with Crippen molar-refractivity contribution in [2.75, 3.05) is 11.5 Å². The van der Waals surface area contributed by atoms with Gasteiger partial charge in [-0.1, -0.05) is 42.2 Å². The Morgan fingerprint density at radius 3 is 2.47 bits per heavy atom. The van der Waals surface area contributed by atoms with Crippen molar-refractivity contribution in [2.45, 2.75) is 20.0 Å². The second kappa shape index (κ2) is 10.8. The lowest BCUT2D eigenvalue weighted by Crippen LogP contribution is -2.27. The number of thioether (sulfide) groups is 1. The van der Waals surface area contributed by atoms with Crippen LogP contribution in [0.2, 0.25) is 0 Å². The summed E-state index contributed by atoms with van der Waals surface area (Å²) >= 11 is 6.56. The quantitative estimate of drug-likeness (QED) is 0.128. The monoisotopic (exact) mass is 560 g/mol. The molecule has 3 aromatic rings. The number of alkyl halides is 3. The van der Waals surface area contributed by atoms with Crippen molar-refractivity contribution in [3.63, 3.8) is 0 Å². The van der Waals surface area contributed by atoms with Crippen LogP contribution < -0.4 is 14.4 Å². The van der Waals surface area contributed by atoms with Crippen molar-refractivity contribution in [3.05, 3.63) is 92.4 Å². The van der Waals surface area contributed by atoms with Crippen molar-refractivity contribution < 1.29 is 32.4 Å². The highest BCUT2D eigenvalue weighted by Crippen LogP contribution is 2.41. The Balaban J connectivity index is 1.64. The Morgan fingerprint density at radius 1 is 1.08 bits per heavy atom. The van der Waals surface area contributed by atoms with E-state index in [2.05, 4.69) is 0 Å². The first-order valence-corrected chi connectivity index (χ1v) is 12.4. The van der Waals surface area contributed by atoms with Gasteiger partial charge in [-0.05, 0) is 67.4 Å². The average molecular weight is 561 g/mol. The minimum atomic E-state index is -4.75. The molecular formula is C26H19F3N2O5S2. The number of carbonyl (C=O) groups excluding carboxylic acids is 1. The Hall–Kier alpha value is -3.90. The van der Waals surface area contributed by atoms with Gasteiger partial charge in [-0.3, -0.25) is 19.8 Å². The third kappa shape index (κ3) is 5.81. The van der Waals surface area contributed by atoms with Crippen molar-refractivity contribution in [2.24, 2.45) is 0 Å². The van der Waals surface area contributed by atoms with E-state index in [9.17, 15) is 28.1 Å². The van der Waals surface area contributed by atoms with Gasteiger partial charge in [-0.25, -0.2) is 0 Å².